The number of fused-ring (bicyclic) bond motifs is 1. The van der Waals surface area contributed by atoms with Gasteiger partial charge in [-0.3, -0.25) is 9.52 Å². The summed E-state index contributed by atoms with van der Waals surface area (Å²) in [6.07, 6.45) is 3.59. The van der Waals surface area contributed by atoms with Crippen molar-refractivity contribution in [2.45, 2.75) is 45.3 Å². The Bertz CT molecular complexity index is 887. The Kier molecular flexibility index (Phi) is 7.49. The quantitative estimate of drug-likeness (QED) is 0.620. The number of aliphatic hydroxyl groups excluding tert-OH is 1. The first-order valence-corrected chi connectivity index (χ1v) is 12.8. The van der Waals surface area contributed by atoms with Crippen LogP contribution in [0.1, 0.15) is 32.3 Å². The van der Waals surface area contributed by atoms with Crippen LogP contribution in [0.15, 0.2) is 18.2 Å². The third kappa shape index (κ3) is 6.82. The second-order valence-electron chi connectivity index (χ2n) is 9.25. The van der Waals surface area contributed by atoms with Crippen LogP contribution >= 0.6 is 0 Å². The SMILES string of the molecule is C[C@@H]1CN([C@@H](C)CO)C(=O)Cc2cc(NS(C)(=O)=O)ccc2O[C@@H]1CN(C)CC1CC1. The number of aliphatic hydroxyl groups is 1. The van der Waals surface area contributed by atoms with Crippen molar-refractivity contribution in [2.75, 3.05) is 44.3 Å². The number of hydrogen-bond acceptors (Lipinski definition) is 6. The van der Waals surface area contributed by atoms with Crippen molar-refractivity contribution in [1.29, 1.82) is 0 Å². The molecule has 2 N–H and O–H groups in total. The molecule has 1 saturated carbocycles. The van der Waals surface area contributed by atoms with Gasteiger partial charge in [0.25, 0.3) is 0 Å². The number of rotatable bonds is 8. The van der Waals surface area contributed by atoms with Crippen molar-refractivity contribution < 1.29 is 23.1 Å². The number of amides is 1. The van der Waals surface area contributed by atoms with Crippen LogP contribution in [-0.2, 0) is 21.2 Å². The van der Waals surface area contributed by atoms with Crippen LogP contribution in [0, 0.1) is 11.8 Å². The molecule has 0 bridgehead atoms. The van der Waals surface area contributed by atoms with Crippen LogP contribution < -0.4 is 9.46 Å². The highest BCUT2D eigenvalue weighted by Crippen LogP contribution is 2.31. The molecule has 1 fully saturated rings. The summed E-state index contributed by atoms with van der Waals surface area (Å²) >= 11 is 0. The van der Waals surface area contributed by atoms with Crippen LogP contribution in [-0.4, -0.2) is 80.9 Å². The standard InChI is InChI=1S/C22H35N3O5S/c1-15-11-25(16(2)14-26)22(27)10-18-9-19(23-31(4,28)29)7-8-20(18)30-21(15)13-24(3)12-17-5-6-17/h7-9,15-17,21,23,26H,5-6,10-14H2,1-4H3/t15-,16+,21-/m1/s1. The number of anilines is 1. The fraction of sp³-hybridized carbons (Fsp3) is 0.682. The van der Waals surface area contributed by atoms with E-state index in [1.165, 1.54) is 12.8 Å². The zero-order valence-corrected chi connectivity index (χ0v) is 19.7. The van der Waals surface area contributed by atoms with Gasteiger partial charge in [0.2, 0.25) is 15.9 Å². The molecule has 2 aliphatic rings. The van der Waals surface area contributed by atoms with Gasteiger partial charge in [0.15, 0.2) is 0 Å². The second kappa shape index (κ2) is 9.75. The van der Waals surface area contributed by atoms with Gasteiger partial charge >= 0.3 is 0 Å². The van der Waals surface area contributed by atoms with Gasteiger partial charge in [0, 0.05) is 36.8 Å². The Morgan fingerprint density at radius 2 is 2.03 bits per heavy atom. The third-order valence-corrected chi connectivity index (χ3v) is 6.58. The van der Waals surface area contributed by atoms with Gasteiger partial charge in [-0.05, 0) is 50.9 Å². The molecule has 0 aromatic heterocycles. The van der Waals surface area contributed by atoms with E-state index in [9.17, 15) is 18.3 Å². The molecule has 3 rings (SSSR count). The van der Waals surface area contributed by atoms with E-state index in [1.807, 2.05) is 6.92 Å². The normalized spacial score (nSPS) is 23.4. The second-order valence-corrected chi connectivity index (χ2v) is 11.0. The zero-order chi connectivity index (χ0) is 22.8. The lowest BCUT2D eigenvalue weighted by Gasteiger charge is -2.34. The fourth-order valence-electron chi connectivity index (χ4n) is 4.05. The van der Waals surface area contributed by atoms with E-state index in [-0.39, 0.29) is 37.0 Å². The van der Waals surface area contributed by atoms with Crippen molar-refractivity contribution in [3.8, 4) is 5.75 Å². The minimum atomic E-state index is -3.44. The molecule has 1 heterocycles. The maximum absolute atomic E-state index is 13.1. The summed E-state index contributed by atoms with van der Waals surface area (Å²) < 4.78 is 32.2. The van der Waals surface area contributed by atoms with E-state index in [4.69, 9.17) is 4.74 Å². The zero-order valence-electron chi connectivity index (χ0n) is 18.9. The number of likely N-dealkylation sites (N-methyl/N-ethyl adjacent to an activating group) is 1. The van der Waals surface area contributed by atoms with Gasteiger partial charge < -0.3 is 19.6 Å². The van der Waals surface area contributed by atoms with Gasteiger partial charge in [-0.25, -0.2) is 8.42 Å². The Morgan fingerprint density at radius 3 is 2.65 bits per heavy atom. The first kappa shape index (κ1) is 23.8. The van der Waals surface area contributed by atoms with Crippen molar-refractivity contribution in [1.82, 2.24) is 9.80 Å². The number of nitrogens with one attached hydrogen (secondary N) is 1. The summed E-state index contributed by atoms with van der Waals surface area (Å²) in [5, 5.41) is 9.70. The summed E-state index contributed by atoms with van der Waals surface area (Å²) in [5.41, 5.74) is 1.03. The first-order valence-electron chi connectivity index (χ1n) is 10.9. The van der Waals surface area contributed by atoms with Gasteiger partial charge in [-0.2, -0.15) is 0 Å². The molecular formula is C22H35N3O5S. The van der Waals surface area contributed by atoms with E-state index in [0.29, 0.717) is 23.5 Å². The highest BCUT2D eigenvalue weighted by molar-refractivity contribution is 7.92. The minimum absolute atomic E-state index is 0.0550. The number of ether oxygens (including phenoxy) is 1. The smallest absolute Gasteiger partial charge is 0.229 e. The molecular weight excluding hydrogens is 418 g/mol. The van der Waals surface area contributed by atoms with E-state index in [1.54, 1.807) is 23.1 Å². The highest BCUT2D eigenvalue weighted by atomic mass is 32.2. The van der Waals surface area contributed by atoms with Crippen molar-refractivity contribution in [3.63, 3.8) is 0 Å². The number of carbonyl (C=O) groups is 1. The number of carbonyl (C=O) groups excluding carboxylic acids is 1. The predicted molar refractivity (Wildman–Crippen MR) is 121 cm³/mol. The maximum Gasteiger partial charge on any atom is 0.229 e. The lowest BCUT2D eigenvalue weighted by molar-refractivity contribution is -0.134. The molecule has 9 heteroatoms. The molecule has 1 aliphatic carbocycles. The molecule has 1 aromatic carbocycles. The first-order chi connectivity index (χ1) is 14.6. The Hall–Kier alpha value is -1.84. The largest absolute Gasteiger partial charge is 0.488 e. The van der Waals surface area contributed by atoms with Crippen LogP contribution in [0.5, 0.6) is 5.75 Å². The molecule has 0 radical (unpaired) electrons. The van der Waals surface area contributed by atoms with E-state index >= 15 is 0 Å². The Labute approximate surface area is 185 Å². The minimum Gasteiger partial charge on any atom is -0.488 e. The van der Waals surface area contributed by atoms with E-state index < -0.39 is 10.0 Å². The monoisotopic (exact) mass is 453 g/mol. The van der Waals surface area contributed by atoms with Crippen LogP contribution in [0.3, 0.4) is 0 Å². The molecule has 31 heavy (non-hydrogen) atoms. The molecule has 0 spiro atoms. The molecule has 8 nitrogen and oxygen atoms in total. The van der Waals surface area contributed by atoms with Crippen molar-refractivity contribution in [3.05, 3.63) is 23.8 Å². The lowest BCUT2D eigenvalue weighted by atomic mass is 10.0. The lowest BCUT2D eigenvalue weighted by Crippen LogP contribution is -2.47. The molecule has 1 aromatic rings. The topological polar surface area (TPSA) is 99.2 Å². The van der Waals surface area contributed by atoms with Crippen LogP contribution in [0.4, 0.5) is 5.69 Å². The number of benzene rings is 1. The third-order valence-electron chi connectivity index (χ3n) is 5.98. The van der Waals surface area contributed by atoms with Crippen molar-refractivity contribution >= 4 is 21.6 Å². The summed E-state index contributed by atoms with van der Waals surface area (Å²) in [6, 6.07) is 4.75. The fourth-order valence-corrected chi connectivity index (χ4v) is 4.60. The molecule has 1 amide bonds. The van der Waals surface area contributed by atoms with Crippen LogP contribution in [0.25, 0.3) is 0 Å². The summed E-state index contributed by atoms with van der Waals surface area (Å²) in [5.74, 6) is 1.31. The number of hydrogen-bond donors (Lipinski definition) is 2. The average molecular weight is 454 g/mol. The summed E-state index contributed by atoms with van der Waals surface area (Å²) in [6.45, 7) is 6.05. The summed E-state index contributed by atoms with van der Waals surface area (Å²) in [7, 11) is -1.34. The van der Waals surface area contributed by atoms with Crippen LogP contribution in [0.2, 0.25) is 0 Å². The molecule has 0 unspecified atom stereocenters. The van der Waals surface area contributed by atoms with Gasteiger partial charge in [-0.1, -0.05) is 6.92 Å². The molecule has 174 valence electrons. The highest BCUT2D eigenvalue weighted by Gasteiger charge is 2.32. The predicted octanol–water partition coefficient (Wildman–Crippen LogP) is 1.55. The summed E-state index contributed by atoms with van der Waals surface area (Å²) in [4.78, 5) is 17.1. The molecule has 1 aliphatic heterocycles. The average Bonchev–Trinajstić information content (AvgIpc) is 3.48. The van der Waals surface area contributed by atoms with Gasteiger partial charge in [0.1, 0.15) is 11.9 Å². The van der Waals surface area contributed by atoms with E-state index in [0.717, 1.165) is 25.3 Å². The molecule has 0 saturated heterocycles. The Morgan fingerprint density at radius 1 is 1.32 bits per heavy atom. The molecule has 3 atom stereocenters. The number of nitrogens with zero attached hydrogens (tertiary/aromatic N) is 2. The Balaban J connectivity index is 1.91. The van der Waals surface area contributed by atoms with E-state index in [2.05, 4.69) is 23.6 Å². The number of sulfonamides is 1. The van der Waals surface area contributed by atoms with Gasteiger partial charge in [-0.15, -0.1) is 0 Å². The maximum atomic E-state index is 13.1. The van der Waals surface area contributed by atoms with Gasteiger partial charge in [0.05, 0.1) is 25.3 Å². The van der Waals surface area contributed by atoms with Crippen molar-refractivity contribution in [2.24, 2.45) is 11.8 Å².